The molecule has 1 fully saturated rings. The van der Waals surface area contributed by atoms with Crippen LogP contribution in [0.2, 0.25) is 0 Å². The van der Waals surface area contributed by atoms with Crippen LogP contribution in [0.1, 0.15) is 24.3 Å². The summed E-state index contributed by atoms with van der Waals surface area (Å²) < 4.78 is 29.7. The molecule has 28 heavy (non-hydrogen) atoms. The minimum atomic E-state index is -2.04. The minimum absolute atomic E-state index is 0.0890. The van der Waals surface area contributed by atoms with E-state index in [2.05, 4.69) is 4.90 Å². The average molecular weight is 377 g/mol. The molecule has 0 radical (unpaired) electrons. The van der Waals surface area contributed by atoms with Gasteiger partial charge in [-0.1, -0.05) is 12.1 Å². The van der Waals surface area contributed by atoms with E-state index in [4.69, 9.17) is 5.73 Å². The van der Waals surface area contributed by atoms with Crippen LogP contribution < -0.4 is 5.73 Å². The highest BCUT2D eigenvalue weighted by atomic mass is 19.1. The first-order valence-electron chi connectivity index (χ1n) is 9.02. The molecule has 5 nitrogen and oxygen atoms in total. The Balaban J connectivity index is 2.11. The Morgan fingerprint density at radius 2 is 1.79 bits per heavy atom. The maximum Gasteiger partial charge on any atom is 0.191 e. The van der Waals surface area contributed by atoms with Crippen molar-refractivity contribution in [3.8, 4) is 18.2 Å². The van der Waals surface area contributed by atoms with Crippen molar-refractivity contribution in [3.05, 3.63) is 58.3 Å². The van der Waals surface area contributed by atoms with Crippen molar-refractivity contribution in [1.29, 1.82) is 15.8 Å². The predicted octanol–water partition coefficient (Wildman–Crippen LogP) is 2.85. The lowest BCUT2D eigenvalue weighted by molar-refractivity contribution is 0.157. The number of nitriles is 3. The highest BCUT2D eigenvalue weighted by Crippen LogP contribution is 2.58. The highest BCUT2D eigenvalue weighted by molar-refractivity contribution is 5.60. The summed E-state index contributed by atoms with van der Waals surface area (Å²) in [6, 6.07) is 9.29. The summed E-state index contributed by atoms with van der Waals surface area (Å²) in [5, 5.41) is 29.7. The highest BCUT2D eigenvalue weighted by Gasteiger charge is 2.59. The van der Waals surface area contributed by atoms with E-state index in [9.17, 15) is 24.6 Å². The Bertz CT molecular complexity index is 1020. The van der Waals surface area contributed by atoms with Gasteiger partial charge in [-0.15, -0.1) is 0 Å². The van der Waals surface area contributed by atoms with Gasteiger partial charge >= 0.3 is 0 Å². The third-order valence-corrected chi connectivity index (χ3v) is 6.53. The van der Waals surface area contributed by atoms with Crippen LogP contribution in [0.15, 0.2) is 41.1 Å². The van der Waals surface area contributed by atoms with Gasteiger partial charge in [0, 0.05) is 29.5 Å². The van der Waals surface area contributed by atoms with Gasteiger partial charge in [0.2, 0.25) is 0 Å². The van der Waals surface area contributed by atoms with Crippen molar-refractivity contribution in [2.75, 3.05) is 7.05 Å². The van der Waals surface area contributed by atoms with Gasteiger partial charge in [-0.05, 0) is 37.6 Å². The second-order valence-electron chi connectivity index (χ2n) is 7.57. The monoisotopic (exact) mass is 377 g/mol. The molecule has 2 aliphatic heterocycles. The van der Waals surface area contributed by atoms with Crippen LogP contribution in [-0.4, -0.2) is 24.0 Å². The number of benzene rings is 1. The van der Waals surface area contributed by atoms with Crippen molar-refractivity contribution in [3.63, 3.8) is 0 Å². The van der Waals surface area contributed by atoms with Gasteiger partial charge in [0.15, 0.2) is 5.41 Å². The molecule has 4 atom stereocenters. The van der Waals surface area contributed by atoms with E-state index in [1.807, 2.05) is 31.3 Å². The molecule has 2 N–H and O–H groups in total. The Hall–Kier alpha value is -3.21. The topological polar surface area (TPSA) is 101 Å². The number of allylic oxidation sites excluding steroid dienone is 2. The van der Waals surface area contributed by atoms with Crippen LogP contribution in [0.3, 0.4) is 0 Å². The molecular formula is C21H17F2N5. The van der Waals surface area contributed by atoms with Crippen LogP contribution in [0.25, 0.3) is 0 Å². The number of halogens is 2. The first-order valence-corrected chi connectivity index (χ1v) is 9.02. The molecule has 1 saturated heterocycles. The summed E-state index contributed by atoms with van der Waals surface area (Å²) in [5.41, 5.74) is 4.29. The number of hydrogen-bond donors (Lipinski definition) is 1. The van der Waals surface area contributed by atoms with Gasteiger partial charge in [0.05, 0.1) is 23.4 Å². The Labute approximate surface area is 161 Å². The molecule has 2 bridgehead atoms. The van der Waals surface area contributed by atoms with E-state index in [0.29, 0.717) is 5.57 Å². The first-order chi connectivity index (χ1) is 13.4. The summed E-state index contributed by atoms with van der Waals surface area (Å²) in [7, 11) is 1.92. The third-order valence-electron chi connectivity index (χ3n) is 6.53. The summed E-state index contributed by atoms with van der Waals surface area (Å²) in [6.45, 7) is 0. The SMILES string of the molecule is CN1C2C=C3C(C#N)=C(N)C(C#N)(C#N)[C@@H](c4c(F)cccc4F)[C@@H]3C1CC2. The number of nitrogens with zero attached hydrogens (tertiary/aromatic N) is 4. The molecule has 2 heterocycles. The van der Waals surface area contributed by atoms with Crippen LogP contribution in [0.5, 0.6) is 0 Å². The van der Waals surface area contributed by atoms with Crippen molar-refractivity contribution >= 4 is 0 Å². The fraction of sp³-hybridized carbons (Fsp3) is 0.381. The molecular weight excluding hydrogens is 360 g/mol. The maximum atomic E-state index is 14.8. The van der Waals surface area contributed by atoms with Crippen molar-refractivity contribution in [1.82, 2.24) is 4.90 Å². The number of hydrogen-bond acceptors (Lipinski definition) is 5. The Morgan fingerprint density at radius 1 is 1.14 bits per heavy atom. The molecule has 1 aromatic rings. The second-order valence-corrected chi connectivity index (χ2v) is 7.57. The van der Waals surface area contributed by atoms with Gasteiger partial charge in [0.25, 0.3) is 0 Å². The molecule has 7 heteroatoms. The van der Waals surface area contributed by atoms with Crippen LogP contribution in [-0.2, 0) is 0 Å². The third kappa shape index (κ3) is 2.10. The van der Waals surface area contributed by atoms with Gasteiger partial charge < -0.3 is 5.73 Å². The number of fused-ring (bicyclic) bond motifs is 4. The molecule has 0 amide bonds. The summed E-state index contributed by atoms with van der Waals surface area (Å²) >= 11 is 0. The molecule has 3 aliphatic rings. The van der Waals surface area contributed by atoms with Crippen LogP contribution in [0, 0.1) is 57.0 Å². The van der Waals surface area contributed by atoms with Gasteiger partial charge in [0.1, 0.15) is 17.7 Å². The zero-order valence-electron chi connectivity index (χ0n) is 15.2. The Kier molecular flexibility index (Phi) is 4.00. The molecule has 0 spiro atoms. The second kappa shape index (κ2) is 6.16. The predicted molar refractivity (Wildman–Crippen MR) is 95.7 cm³/mol. The lowest BCUT2D eigenvalue weighted by Crippen LogP contribution is -2.51. The molecule has 1 aromatic carbocycles. The van der Waals surface area contributed by atoms with Crippen molar-refractivity contribution in [2.24, 2.45) is 17.1 Å². The molecule has 0 saturated carbocycles. The number of likely N-dealkylation sites (N-methyl/N-ethyl adjacent to an activating group) is 1. The lowest BCUT2D eigenvalue weighted by Gasteiger charge is -2.48. The molecule has 2 unspecified atom stereocenters. The normalized spacial score (nSPS) is 30.6. The van der Waals surface area contributed by atoms with Crippen LogP contribution >= 0.6 is 0 Å². The van der Waals surface area contributed by atoms with Gasteiger partial charge in [-0.25, -0.2) is 8.78 Å². The van der Waals surface area contributed by atoms with Crippen molar-refractivity contribution in [2.45, 2.75) is 30.8 Å². The van der Waals surface area contributed by atoms with E-state index in [-0.39, 0.29) is 28.9 Å². The molecule has 4 rings (SSSR count). The standard InChI is InChI=1S/C21H17F2N5/c1-28-11-5-6-16(28)17-12(7-11)13(8-24)20(27)21(9-25,10-26)19(17)18-14(22)3-2-4-15(18)23/h2-4,7,11,16-17,19H,5-6,27H2,1H3/t11?,16?,17-,19+/m0/s1. The molecule has 140 valence electrons. The number of nitrogens with two attached hydrogens (primary N) is 1. The minimum Gasteiger partial charge on any atom is -0.399 e. The Morgan fingerprint density at radius 3 is 2.36 bits per heavy atom. The van der Waals surface area contributed by atoms with E-state index < -0.39 is 28.9 Å². The van der Waals surface area contributed by atoms with Gasteiger partial charge in [-0.2, -0.15) is 15.8 Å². The summed E-state index contributed by atoms with van der Waals surface area (Å²) in [4.78, 5) is 2.09. The fourth-order valence-corrected chi connectivity index (χ4v) is 5.21. The lowest BCUT2D eigenvalue weighted by atomic mass is 9.56. The summed E-state index contributed by atoms with van der Waals surface area (Å²) in [6.07, 6.45) is 3.48. The van der Waals surface area contributed by atoms with Crippen LogP contribution in [0.4, 0.5) is 8.78 Å². The van der Waals surface area contributed by atoms with E-state index >= 15 is 0 Å². The summed E-state index contributed by atoms with van der Waals surface area (Å²) in [5.74, 6) is -3.39. The number of rotatable bonds is 1. The zero-order valence-corrected chi connectivity index (χ0v) is 15.2. The zero-order chi connectivity index (χ0) is 20.2. The van der Waals surface area contributed by atoms with Crippen molar-refractivity contribution < 1.29 is 8.78 Å². The first kappa shape index (κ1) is 18.2. The smallest absolute Gasteiger partial charge is 0.191 e. The maximum absolute atomic E-state index is 14.8. The van der Waals surface area contributed by atoms with E-state index in [1.165, 1.54) is 6.07 Å². The fourth-order valence-electron chi connectivity index (χ4n) is 5.21. The molecule has 1 aliphatic carbocycles. The van der Waals surface area contributed by atoms with Gasteiger partial charge in [-0.3, -0.25) is 4.90 Å². The largest absolute Gasteiger partial charge is 0.399 e. The average Bonchev–Trinajstić information content (AvgIpc) is 2.91. The van der Waals surface area contributed by atoms with E-state index in [0.717, 1.165) is 25.0 Å². The molecule has 0 aromatic heterocycles. The van der Waals surface area contributed by atoms with E-state index in [1.54, 1.807) is 0 Å². The quantitative estimate of drug-likeness (QED) is 0.811.